The summed E-state index contributed by atoms with van der Waals surface area (Å²) < 4.78 is 13.5. The van der Waals surface area contributed by atoms with Crippen LogP contribution in [0.3, 0.4) is 0 Å². The van der Waals surface area contributed by atoms with Crippen LogP contribution >= 0.6 is 0 Å². The molecule has 0 N–H and O–H groups in total. The van der Waals surface area contributed by atoms with Crippen LogP contribution in [0.5, 0.6) is 0 Å². The topological polar surface area (TPSA) is 84.5 Å². The molecule has 0 spiro atoms. The van der Waals surface area contributed by atoms with Gasteiger partial charge >= 0.3 is 11.9 Å². The molecule has 0 amide bonds. The molecule has 1 aromatic heterocycles. The van der Waals surface area contributed by atoms with E-state index in [1.54, 1.807) is 6.92 Å². The summed E-state index contributed by atoms with van der Waals surface area (Å²) in [7, 11) is 0. The normalized spacial score (nSPS) is 17.7. The maximum absolute atomic E-state index is 13.2. The summed E-state index contributed by atoms with van der Waals surface area (Å²) >= 11 is 0. The molecule has 0 bridgehead atoms. The fraction of sp³-hybridized carbons (Fsp3) is 0.522. The van der Waals surface area contributed by atoms with Crippen molar-refractivity contribution in [2.24, 2.45) is 11.8 Å². The second kappa shape index (κ2) is 8.13. The van der Waals surface area contributed by atoms with Gasteiger partial charge in [-0.25, -0.2) is 9.30 Å². The number of carbonyl (C=O) groups is 2. The summed E-state index contributed by atoms with van der Waals surface area (Å²) in [4.78, 5) is 25.7. The van der Waals surface area contributed by atoms with Gasteiger partial charge in [-0.05, 0) is 17.9 Å². The molecule has 1 fully saturated rings. The number of esters is 2. The Morgan fingerprint density at radius 2 is 1.67 bits per heavy atom. The highest BCUT2D eigenvalue weighted by Gasteiger charge is 2.51. The van der Waals surface area contributed by atoms with Crippen LogP contribution in [0.2, 0.25) is 0 Å². The maximum Gasteiger partial charge on any atom is 0.324 e. The smallest absolute Gasteiger partial charge is 0.324 e. The second-order valence-corrected chi connectivity index (χ2v) is 8.85. The van der Waals surface area contributed by atoms with Crippen molar-refractivity contribution >= 4 is 11.9 Å². The molecule has 1 aliphatic heterocycles. The highest BCUT2D eigenvalue weighted by atomic mass is 16.7. The highest BCUT2D eigenvalue weighted by molar-refractivity contribution is 5.97. The first-order chi connectivity index (χ1) is 14.0. The van der Waals surface area contributed by atoms with Crippen LogP contribution < -0.4 is 4.73 Å². The zero-order valence-electron chi connectivity index (χ0n) is 18.5. The van der Waals surface area contributed by atoms with Gasteiger partial charge in [0.25, 0.3) is 11.6 Å². The van der Waals surface area contributed by atoms with E-state index in [-0.39, 0.29) is 5.92 Å². The predicted octanol–water partition coefficient (Wildman–Crippen LogP) is 3.37. The number of nitrogens with zero attached hydrogens (tertiary/aromatic N) is 2. The molecule has 7 nitrogen and oxygen atoms in total. The Labute approximate surface area is 177 Å². The minimum atomic E-state index is -1.31. The van der Waals surface area contributed by atoms with Crippen molar-refractivity contribution in [3.8, 4) is 0 Å². The largest absolute Gasteiger partial charge is 0.711 e. The lowest BCUT2D eigenvalue weighted by Gasteiger charge is -2.35. The zero-order chi connectivity index (χ0) is 22.2. The van der Waals surface area contributed by atoms with Crippen LogP contribution in [-0.4, -0.2) is 22.3 Å². The van der Waals surface area contributed by atoms with Crippen molar-refractivity contribution in [3.05, 3.63) is 58.3 Å². The van der Waals surface area contributed by atoms with Crippen LogP contribution in [0, 0.1) is 30.9 Å². The molecule has 1 saturated heterocycles. The van der Waals surface area contributed by atoms with Gasteiger partial charge in [-0.2, -0.15) is 0 Å². The van der Waals surface area contributed by atoms with Crippen molar-refractivity contribution in [2.75, 3.05) is 0 Å². The summed E-state index contributed by atoms with van der Waals surface area (Å²) in [6.45, 7) is 11.1. The number of imidazole rings is 1. The van der Waals surface area contributed by atoms with E-state index in [0.717, 1.165) is 16.0 Å². The van der Waals surface area contributed by atoms with Gasteiger partial charge in [0.05, 0.1) is 5.92 Å². The monoisotopic (exact) mass is 414 g/mol. The van der Waals surface area contributed by atoms with E-state index >= 15 is 0 Å². The molecule has 30 heavy (non-hydrogen) atoms. The van der Waals surface area contributed by atoms with E-state index in [4.69, 9.17) is 9.47 Å². The zero-order valence-corrected chi connectivity index (χ0v) is 18.5. The van der Waals surface area contributed by atoms with Gasteiger partial charge in [0, 0.05) is 27.7 Å². The first kappa shape index (κ1) is 21.9. The molecular weight excluding hydrogens is 384 g/mol. The molecule has 2 heterocycles. The van der Waals surface area contributed by atoms with Crippen LogP contribution in [-0.2, 0) is 25.6 Å². The molecule has 0 saturated carbocycles. The van der Waals surface area contributed by atoms with Gasteiger partial charge in [-0.3, -0.25) is 9.59 Å². The van der Waals surface area contributed by atoms with E-state index in [1.807, 2.05) is 55.7 Å². The molecule has 162 valence electrons. The number of aromatic nitrogens is 2. The average Bonchev–Trinajstić information content (AvgIpc) is 2.84. The molecule has 0 aliphatic carbocycles. The molecule has 0 radical (unpaired) electrons. The number of hydrogen-bond donors (Lipinski definition) is 0. The molecule has 1 atom stereocenters. The van der Waals surface area contributed by atoms with Crippen LogP contribution in [0.25, 0.3) is 0 Å². The summed E-state index contributed by atoms with van der Waals surface area (Å²) in [6.07, 6.45) is 0.467. The van der Waals surface area contributed by atoms with Gasteiger partial charge in [0.15, 0.2) is 5.92 Å². The number of hydrogen-bond acceptors (Lipinski definition) is 5. The number of carbonyl (C=O) groups excluding carboxylic acids is 2. The molecular formula is C23H30N2O5. The van der Waals surface area contributed by atoms with Gasteiger partial charge in [0.1, 0.15) is 17.9 Å². The molecule has 1 aromatic carbocycles. The average molecular weight is 415 g/mol. The minimum Gasteiger partial charge on any atom is -0.711 e. The summed E-state index contributed by atoms with van der Waals surface area (Å²) in [5, 5.41) is 13.2. The molecule has 3 rings (SSSR count). The summed E-state index contributed by atoms with van der Waals surface area (Å²) in [6, 6.07) is 9.78. The van der Waals surface area contributed by atoms with E-state index in [1.165, 1.54) is 13.8 Å². The standard InChI is InChI=1S/C23H30N2O5/c1-14(2)12-18(19-21(26)29-23(5,6)30-22(19)27)20-24(15(3)16(4)25(20)28)13-17-10-8-7-9-11-17/h7-11,14,18-19H,12-13H2,1-6H3/t18-/m1/s1. The number of ether oxygens (including phenoxy) is 2. The quantitative estimate of drug-likeness (QED) is 0.313. The molecule has 7 heteroatoms. The first-order valence-electron chi connectivity index (χ1n) is 10.3. The minimum absolute atomic E-state index is 0.145. The highest BCUT2D eigenvalue weighted by Crippen LogP contribution is 2.37. The maximum atomic E-state index is 13.2. The Balaban J connectivity index is 2.12. The Morgan fingerprint density at radius 1 is 1.10 bits per heavy atom. The van der Waals surface area contributed by atoms with Crippen molar-refractivity contribution in [1.82, 2.24) is 4.57 Å². The third-order valence-electron chi connectivity index (χ3n) is 5.56. The summed E-state index contributed by atoms with van der Waals surface area (Å²) in [5.74, 6) is -3.90. The fourth-order valence-corrected chi connectivity index (χ4v) is 4.07. The third kappa shape index (κ3) is 4.20. The van der Waals surface area contributed by atoms with Crippen LogP contribution in [0.4, 0.5) is 0 Å². The lowest BCUT2D eigenvalue weighted by molar-refractivity contribution is -0.622. The van der Waals surface area contributed by atoms with Gasteiger partial charge in [0.2, 0.25) is 0 Å². The number of benzene rings is 1. The Kier molecular flexibility index (Phi) is 5.92. The van der Waals surface area contributed by atoms with E-state index in [9.17, 15) is 14.8 Å². The van der Waals surface area contributed by atoms with E-state index in [2.05, 4.69) is 0 Å². The fourth-order valence-electron chi connectivity index (χ4n) is 4.07. The molecule has 0 unspecified atom stereocenters. The van der Waals surface area contributed by atoms with Crippen molar-refractivity contribution in [3.63, 3.8) is 0 Å². The Hall–Kier alpha value is -2.83. The van der Waals surface area contributed by atoms with Crippen molar-refractivity contribution < 1.29 is 23.8 Å². The van der Waals surface area contributed by atoms with Crippen LogP contribution in [0.1, 0.15) is 62.8 Å². The summed E-state index contributed by atoms with van der Waals surface area (Å²) in [5.41, 5.74) is 2.37. The molecule has 2 aromatic rings. The third-order valence-corrected chi connectivity index (χ3v) is 5.56. The lowest BCUT2D eigenvalue weighted by atomic mass is 9.83. The first-order valence-corrected chi connectivity index (χ1v) is 10.3. The Morgan fingerprint density at radius 3 is 2.20 bits per heavy atom. The second-order valence-electron chi connectivity index (χ2n) is 8.85. The predicted molar refractivity (Wildman–Crippen MR) is 110 cm³/mol. The van der Waals surface area contributed by atoms with Crippen molar-refractivity contribution in [2.45, 2.75) is 66.2 Å². The molecule has 1 aliphatic rings. The SMILES string of the molecule is Cc1c(C)[n+]([O-])c([C@H](CC(C)C)C2C(=O)OC(C)(C)OC2=O)n1Cc1ccccc1. The van der Waals surface area contributed by atoms with Crippen LogP contribution in [0.15, 0.2) is 30.3 Å². The van der Waals surface area contributed by atoms with E-state index < -0.39 is 29.6 Å². The lowest BCUT2D eigenvalue weighted by Crippen LogP contribution is -2.50. The van der Waals surface area contributed by atoms with Gasteiger partial charge < -0.3 is 14.7 Å². The number of cyclic esters (lactones) is 2. The Bertz CT molecular complexity index is 926. The van der Waals surface area contributed by atoms with E-state index in [0.29, 0.717) is 24.5 Å². The van der Waals surface area contributed by atoms with Gasteiger partial charge in [-0.15, -0.1) is 0 Å². The number of rotatable bonds is 6. The van der Waals surface area contributed by atoms with Crippen molar-refractivity contribution in [1.29, 1.82) is 0 Å². The van der Waals surface area contributed by atoms with Gasteiger partial charge in [-0.1, -0.05) is 44.2 Å².